The van der Waals surface area contributed by atoms with E-state index in [9.17, 15) is 4.39 Å². The van der Waals surface area contributed by atoms with Crippen molar-refractivity contribution >= 4 is 45.8 Å². The van der Waals surface area contributed by atoms with Crippen LogP contribution in [-0.2, 0) is 6.54 Å². The van der Waals surface area contributed by atoms with E-state index in [2.05, 4.69) is 26.9 Å². The van der Waals surface area contributed by atoms with E-state index in [1.807, 2.05) is 43.4 Å². The molecule has 4 nitrogen and oxygen atoms in total. The lowest BCUT2D eigenvalue weighted by Crippen LogP contribution is -2.04. The summed E-state index contributed by atoms with van der Waals surface area (Å²) in [6, 6.07) is 18.6. The molecule has 0 atom stereocenters. The van der Waals surface area contributed by atoms with Gasteiger partial charge in [-0.05, 0) is 73.1 Å². The first kappa shape index (κ1) is 20.6. The number of methoxy groups -OCH3 is 1. The van der Waals surface area contributed by atoms with Gasteiger partial charge < -0.3 is 15.4 Å². The average Bonchev–Trinajstić information content (AvgIpc) is 3.07. The molecule has 0 radical (unpaired) electrons. The third-order valence-electron chi connectivity index (χ3n) is 4.68. The summed E-state index contributed by atoms with van der Waals surface area (Å²) in [5, 5.41) is 7.88. The SMILES string of the molecule is CNCc1cn(Sc2cccc(OC)c2)c2cc(Nc3ccc(Cl)cc3F)ccc12. The van der Waals surface area contributed by atoms with Crippen LogP contribution in [-0.4, -0.2) is 18.1 Å². The van der Waals surface area contributed by atoms with Crippen molar-refractivity contribution < 1.29 is 9.13 Å². The molecule has 154 valence electrons. The highest BCUT2D eigenvalue weighted by Gasteiger charge is 2.12. The third-order valence-corrected chi connectivity index (χ3v) is 5.88. The molecule has 0 aliphatic rings. The van der Waals surface area contributed by atoms with Gasteiger partial charge in [-0.1, -0.05) is 23.7 Å². The van der Waals surface area contributed by atoms with Crippen LogP contribution < -0.4 is 15.4 Å². The third kappa shape index (κ3) is 4.41. The van der Waals surface area contributed by atoms with Crippen molar-refractivity contribution in [2.24, 2.45) is 0 Å². The van der Waals surface area contributed by atoms with Gasteiger partial charge in [0.15, 0.2) is 0 Å². The van der Waals surface area contributed by atoms with Crippen LogP contribution in [0.4, 0.5) is 15.8 Å². The molecule has 1 heterocycles. The van der Waals surface area contributed by atoms with Crippen LogP contribution in [0.3, 0.4) is 0 Å². The number of benzene rings is 3. The molecule has 3 aromatic carbocycles. The zero-order valence-electron chi connectivity index (χ0n) is 16.6. The van der Waals surface area contributed by atoms with Crippen molar-refractivity contribution in [1.82, 2.24) is 9.29 Å². The maximum absolute atomic E-state index is 14.2. The molecule has 4 rings (SSSR count). The monoisotopic (exact) mass is 441 g/mol. The molecule has 0 aliphatic heterocycles. The molecule has 0 bridgehead atoms. The van der Waals surface area contributed by atoms with Crippen LogP contribution in [0.15, 0.2) is 71.8 Å². The van der Waals surface area contributed by atoms with E-state index in [0.29, 0.717) is 10.7 Å². The van der Waals surface area contributed by atoms with E-state index in [1.54, 1.807) is 31.2 Å². The van der Waals surface area contributed by atoms with Crippen LogP contribution >= 0.6 is 23.5 Å². The lowest BCUT2D eigenvalue weighted by molar-refractivity contribution is 0.413. The van der Waals surface area contributed by atoms with E-state index >= 15 is 0 Å². The van der Waals surface area contributed by atoms with Crippen molar-refractivity contribution in [3.8, 4) is 5.75 Å². The Hall–Kier alpha value is -2.67. The van der Waals surface area contributed by atoms with Gasteiger partial charge in [0, 0.05) is 33.7 Å². The topological polar surface area (TPSA) is 38.2 Å². The zero-order chi connectivity index (χ0) is 21.1. The van der Waals surface area contributed by atoms with Gasteiger partial charge in [0.25, 0.3) is 0 Å². The first-order valence-electron chi connectivity index (χ1n) is 9.40. The molecule has 1 aromatic heterocycles. The van der Waals surface area contributed by atoms with Gasteiger partial charge in [0.2, 0.25) is 0 Å². The van der Waals surface area contributed by atoms with Crippen molar-refractivity contribution in [3.05, 3.63) is 83.3 Å². The molecule has 0 fully saturated rings. The molecule has 0 aliphatic carbocycles. The fourth-order valence-corrected chi connectivity index (χ4v) is 4.39. The maximum Gasteiger partial charge on any atom is 0.148 e. The second-order valence-electron chi connectivity index (χ2n) is 6.76. The predicted octanol–water partition coefficient (Wildman–Crippen LogP) is 6.46. The normalized spacial score (nSPS) is 11.1. The highest BCUT2D eigenvalue weighted by Crippen LogP contribution is 2.33. The number of aromatic nitrogens is 1. The summed E-state index contributed by atoms with van der Waals surface area (Å²) >= 11 is 7.46. The second-order valence-corrected chi connectivity index (χ2v) is 8.25. The van der Waals surface area contributed by atoms with Gasteiger partial charge >= 0.3 is 0 Å². The van der Waals surface area contributed by atoms with Crippen molar-refractivity contribution in [1.29, 1.82) is 0 Å². The first-order chi connectivity index (χ1) is 14.6. The van der Waals surface area contributed by atoms with Crippen molar-refractivity contribution in [2.45, 2.75) is 11.4 Å². The van der Waals surface area contributed by atoms with E-state index in [4.69, 9.17) is 16.3 Å². The Morgan fingerprint density at radius 2 is 1.97 bits per heavy atom. The average molecular weight is 442 g/mol. The lowest BCUT2D eigenvalue weighted by Gasteiger charge is -2.10. The number of hydrogen-bond donors (Lipinski definition) is 2. The van der Waals surface area contributed by atoms with Crippen molar-refractivity contribution in [2.75, 3.05) is 19.5 Å². The number of halogens is 2. The van der Waals surface area contributed by atoms with E-state index in [-0.39, 0.29) is 5.82 Å². The minimum absolute atomic E-state index is 0.369. The highest BCUT2D eigenvalue weighted by molar-refractivity contribution is 7.98. The quantitative estimate of drug-likeness (QED) is 0.345. The van der Waals surface area contributed by atoms with Gasteiger partial charge in [0.05, 0.1) is 18.3 Å². The predicted molar refractivity (Wildman–Crippen MR) is 124 cm³/mol. The standard InChI is InChI=1S/C23H21ClFN3OS/c1-26-13-15-14-28(30-19-5-3-4-18(12-19)29-2)23-11-17(7-8-20(15)23)27-22-9-6-16(24)10-21(22)25/h3-12,14,26-27H,13H2,1-2H3. The summed E-state index contributed by atoms with van der Waals surface area (Å²) in [6.45, 7) is 0.751. The van der Waals surface area contributed by atoms with E-state index in [1.165, 1.54) is 11.6 Å². The minimum atomic E-state index is -0.389. The summed E-state index contributed by atoms with van der Waals surface area (Å²) in [6.07, 6.45) is 2.12. The number of nitrogens with zero attached hydrogens (tertiary/aromatic N) is 1. The Balaban J connectivity index is 1.72. The van der Waals surface area contributed by atoms with Gasteiger partial charge in [0.1, 0.15) is 11.6 Å². The van der Waals surface area contributed by atoms with Crippen LogP contribution in [0, 0.1) is 5.82 Å². The molecule has 0 saturated carbocycles. The maximum atomic E-state index is 14.2. The number of fused-ring (bicyclic) bond motifs is 1. The van der Waals surface area contributed by atoms with Crippen LogP contribution in [0.2, 0.25) is 5.02 Å². The molecule has 30 heavy (non-hydrogen) atoms. The molecule has 4 aromatic rings. The van der Waals surface area contributed by atoms with Gasteiger partial charge in [-0.25, -0.2) is 4.39 Å². The minimum Gasteiger partial charge on any atom is -0.497 e. The fourth-order valence-electron chi connectivity index (χ4n) is 3.27. The summed E-state index contributed by atoms with van der Waals surface area (Å²) in [7, 11) is 3.59. The number of ether oxygens (including phenoxy) is 1. The van der Waals surface area contributed by atoms with E-state index in [0.717, 1.165) is 33.8 Å². The van der Waals surface area contributed by atoms with Crippen LogP contribution in [0.1, 0.15) is 5.56 Å². The summed E-state index contributed by atoms with van der Waals surface area (Å²) in [5.74, 6) is 0.423. The number of hydrogen-bond acceptors (Lipinski definition) is 4. The molecule has 7 heteroatoms. The fraction of sp³-hybridized carbons (Fsp3) is 0.130. The first-order valence-corrected chi connectivity index (χ1v) is 10.6. The molecule has 2 N–H and O–H groups in total. The Morgan fingerprint density at radius 1 is 1.10 bits per heavy atom. The summed E-state index contributed by atoms with van der Waals surface area (Å²) < 4.78 is 21.7. The van der Waals surface area contributed by atoms with Crippen molar-refractivity contribution in [3.63, 3.8) is 0 Å². The van der Waals surface area contributed by atoms with E-state index < -0.39 is 0 Å². The van der Waals surface area contributed by atoms with Crippen LogP contribution in [0.5, 0.6) is 5.75 Å². The Morgan fingerprint density at radius 3 is 2.73 bits per heavy atom. The number of anilines is 2. The molecule has 0 amide bonds. The largest absolute Gasteiger partial charge is 0.497 e. The summed E-state index contributed by atoms with van der Waals surface area (Å²) in [4.78, 5) is 1.06. The molecular weight excluding hydrogens is 421 g/mol. The Bertz CT molecular complexity index is 1190. The molecule has 0 spiro atoms. The Labute approximate surface area is 184 Å². The molecule has 0 unspecified atom stereocenters. The highest BCUT2D eigenvalue weighted by atomic mass is 35.5. The zero-order valence-corrected chi connectivity index (χ0v) is 18.2. The Kier molecular flexibility index (Phi) is 6.18. The van der Waals surface area contributed by atoms with Gasteiger partial charge in [-0.2, -0.15) is 0 Å². The summed E-state index contributed by atoms with van der Waals surface area (Å²) in [5.41, 5.74) is 3.40. The van der Waals surface area contributed by atoms with Crippen LogP contribution in [0.25, 0.3) is 10.9 Å². The number of nitrogens with one attached hydrogen (secondary N) is 2. The molecular formula is C23H21ClFN3OS. The second kappa shape index (κ2) is 9.00. The van der Waals surface area contributed by atoms with Gasteiger partial charge in [-0.15, -0.1) is 0 Å². The van der Waals surface area contributed by atoms with Gasteiger partial charge in [-0.3, -0.25) is 3.97 Å². The smallest absolute Gasteiger partial charge is 0.148 e. The number of rotatable bonds is 7. The lowest BCUT2D eigenvalue weighted by atomic mass is 10.1. The molecule has 0 saturated heterocycles.